The zero-order valence-electron chi connectivity index (χ0n) is 15.9. The van der Waals surface area contributed by atoms with E-state index in [1.54, 1.807) is 7.05 Å². The first-order valence-corrected chi connectivity index (χ1v) is 8.54. The van der Waals surface area contributed by atoms with E-state index in [0.29, 0.717) is 12.5 Å². The molecule has 3 N–H and O–H groups in total. The van der Waals surface area contributed by atoms with Crippen molar-refractivity contribution in [3.8, 4) is 0 Å². The highest BCUT2D eigenvalue weighted by molar-refractivity contribution is 14.0. The van der Waals surface area contributed by atoms with E-state index in [1.165, 1.54) is 0 Å². The Morgan fingerprint density at radius 2 is 1.88 bits per heavy atom. The van der Waals surface area contributed by atoms with E-state index in [2.05, 4.69) is 60.7 Å². The summed E-state index contributed by atoms with van der Waals surface area (Å²) in [6.45, 7) is 13.1. The van der Waals surface area contributed by atoms with Gasteiger partial charge in [0, 0.05) is 37.7 Å². The lowest BCUT2D eigenvalue weighted by Gasteiger charge is -2.21. The van der Waals surface area contributed by atoms with Crippen LogP contribution in [0.25, 0.3) is 0 Å². The Morgan fingerprint density at radius 3 is 2.42 bits per heavy atom. The predicted molar refractivity (Wildman–Crippen MR) is 111 cm³/mol. The summed E-state index contributed by atoms with van der Waals surface area (Å²) < 4.78 is 5.41. The van der Waals surface area contributed by atoms with Gasteiger partial charge >= 0.3 is 0 Å². The summed E-state index contributed by atoms with van der Waals surface area (Å²) in [5, 5.41) is 14.1. The Bertz CT molecular complexity index is 478. The Labute approximate surface area is 163 Å². The molecule has 0 unspecified atom stereocenters. The van der Waals surface area contributed by atoms with Crippen LogP contribution >= 0.6 is 24.0 Å². The first kappa shape index (κ1) is 23.2. The summed E-state index contributed by atoms with van der Waals surface area (Å²) in [5.74, 6) is 2.08. The Morgan fingerprint density at radius 1 is 1.21 bits per heavy atom. The van der Waals surface area contributed by atoms with Gasteiger partial charge in [-0.2, -0.15) is 0 Å². The van der Waals surface area contributed by atoms with Crippen LogP contribution in [0.2, 0.25) is 0 Å². The lowest BCUT2D eigenvalue weighted by molar-refractivity contribution is 0.368. The molecule has 1 aromatic rings. The standard InChI is InChI=1S/C17H33N5O.HI/c1-7-13(8-2)15-11-14(23-22-15)12-20-16(18-6)19-9-10-21-17(3,4)5;/h11,13,21H,7-10,12H2,1-6H3,(H2,18,19,20);1H. The molecule has 0 aliphatic rings. The summed E-state index contributed by atoms with van der Waals surface area (Å²) in [7, 11) is 1.77. The highest BCUT2D eigenvalue weighted by Gasteiger charge is 2.13. The summed E-state index contributed by atoms with van der Waals surface area (Å²) in [5.41, 5.74) is 1.17. The molecule has 0 aromatic carbocycles. The lowest BCUT2D eigenvalue weighted by Crippen LogP contribution is -2.44. The van der Waals surface area contributed by atoms with Gasteiger partial charge in [0.25, 0.3) is 0 Å². The Hall–Kier alpha value is -0.830. The SMILES string of the molecule is CCC(CC)c1cc(CNC(=NC)NCCNC(C)(C)C)on1.I. The van der Waals surface area contributed by atoms with Gasteiger partial charge in [0.05, 0.1) is 12.2 Å². The van der Waals surface area contributed by atoms with Crippen molar-refractivity contribution in [1.82, 2.24) is 21.1 Å². The van der Waals surface area contributed by atoms with Gasteiger partial charge in [0.15, 0.2) is 11.7 Å². The van der Waals surface area contributed by atoms with E-state index in [4.69, 9.17) is 4.52 Å². The molecule has 0 saturated heterocycles. The summed E-state index contributed by atoms with van der Waals surface area (Å²) >= 11 is 0. The monoisotopic (exact) mass is 451 g/mol. The molecule has 1 rings (SSSR count). The number of rotatable bonds is 8. The number of nitrogens with zero attached hydrogens (tertiary/aromatic N) is 2. The molecule has 1 heterocycles. The minimum Gasteiger partial charge on any atom is -0.359 e. The largest absolute Gasteiger partial charge is 0.359 e. The van der Waals surface area contributed by atoms with Crippen LogP contribution in [0.15, 0.2) is 15.6 Å². The van der Waals surface area contributed by atoms with E-state index in [9.17, 15) is 0 Å². The number of guanidine groups is 1. The molecule has 0 spiro atoms. The molecule has 0 fully saturated rings. The minimum atomic E-state index is 0. The molecular weight excluding hydrogens is 417 g/mol. The fourth-order valence-corrected chi connectivity index (χ4v) is 2.32. The van der Waals surface area contributed by atoms with Gasteiger partial charge in [-0.1, -0.05) is 19.0 Å². The second-order valence-corrected chi connectivity index (χ2v) is 6.76. The first-order valence-electron chi connectivity index (χ1n) is 8.54. The van der Waals surface area contributed by atoms with E-state index >= 15 is 0 Å². The Balaban J connectivity index is 0.00000529. The minimum absolute atomic E-state index is 0. The third-order valence-corrected chi connectivity index (χ3v) is 3.71. The fourth-order valence-electron chi connectivity index (χ4n) is 2.32. The topological polar surface area (TPSA) is 74.5 Å². The maximum absolute atomic E-state index is 5.41. The molecular formula is C17H34IN5O. The lowest BCUT2D eigenvalue weighted by atomic mass is 9.99. The number of nitrogens with one attached hydrogen (secondary N) is 3. The molecule has 24 heavy (non-hydrogen) atoms. The molecule has 140 valence electrons. The number of hydrogen-bond donors (Lipinski definition) is 3. The average molecular weight is 451 g/mol. The number of hydrogen-bond acceptors (Lipinski definition) is 4. The molecule has 0 saturated carbocycles. The Kier molecular flexibility index (Phi) is 11.3. The normalized spacial score (nSPS) is 12.2. The quantitative estimate of drug-likeness (QED) is 0.245. The van der Waals surface area contributed by atoms with Crippen molar-refractivity contribution in [3.63, 3.8) is 0 Å². The second-order valence-electron chi connectivity index (χ2n) is 6.76. The predicted octanol–water partition coefficient (Wildman–Crippen LogP) is 3.25. The van der Waals surface area contributed by atoms with Crippen LogP contribution < -0.4 is 16.0 Å². The summed E-state index contributed by atoms with van der Waals surface area (Å²) in [6, 6.07) is 2.04. The van der Waals surface area contributed by atoms with Crippen LogP contribution in [0.5, 0.6) is 0 Å². The first-order chi connectivity index (χ1) is 10.9. The second kappa shape index (κ2) is 11.7. The molecule has 0 bridgehead atoms. The van der Waals surface area contributed by atoms with Gasteiger partial charge < -0.3 is 20.5 Å². The van der Waals surface area contributed by atoms with Crippen molar-refractivity contribution < 1.29 is 4.52 Å². The van der Waals surface area contributed by atoms with Crippen LogP contribution in [0.3, 0.4) is 0 Å². The van der Waals surface area contributed by atoms with Crippen molar-refractivity contribution >= 4 is 29.9 Å². The fraction of sp³-hybridized carbons (Fsp3) is 0.765. The third kappa shape index (κ3) is 8.86. The zero-order valence-corrected chi connectivity index (χ0v) is 18.2. The van der Waals surface area contributed by atoms with E-state index in [1.807, 2.05) is 6.07 Å². The maximum atomic E-state index is 5.41. The highest BCUT2D eigenvalue weighted by Crippen LogP contribution is 2.22. The number of aliphatic imine (C=N–C) groups is 1. The third-order valence-electron chi connectivity index (χ3n) is 3.71. The van der Waals surface area contributed by atoms with Gasteiger partial charge in [-0.15, -0.1) is 24.0 Å². The molecule has 0 radical (unpaired) electrons. The molecule has 6 nitrogen and oxygen atoms in total. The van der Waals surface area contributed by atoms with Crippen LogP contribution in [-0.2, 0) is 6.54 Å². The van der Waals surface area contributed by atoms with Crippen LogP contribution in [-0.4, -0.2) is 36.8 Å². The van der Waals surface area contributed by atoms with Crippen LogP contribution in [0, 0.1) is 0 Å². The van der Waals surface area contributed by atoms with Crippen molar-refractivity contribution in [2.24, 2.45) is 4.99 Å². The smallest absolute Gasteiger partial charge is 0.191 e. The molecule has 1 aromatic heterocycles. The van der Waals surface area contributed by atoms with Gasteiger partial charge in [0.2, 0.25) is 0 Å². The average Bonchev–Trinajstić information content (AvgIpc) is 2.95. The van der Waals surface area contributed by atoms with Crippen molar-refractivity contribution in [1.29, 1.82) is 0 Å². The van der Waals surface area contributed by atoms with E-state index in [0.717, 1.165) is 43.3 Å². The highest BCUT2D eigenvalue weighted by atomic mass is 127. The van der Waals surface area contributed by atoms with Crippen molar-refractivity contribution in [3.05, 3.63) is 17.5 Å². The molecule has 0 atom stereocenters. The summed E-state index contributed by atoms with van der Waals surface area (Å²) in [4.78, 5) is 4.22. The molecule has 0 aliphatic heterocycles. The van der Waals surface area contributed by atoms with Gasteiger partial charge in [-0.05, 0) is 33.6 Å². The molecule has 7 heteroatoms. The summed E-state index contributed by atoms with van der Waals surface area (Å²) in [6.07, 6.45) is 2.17. The van der Waals surface area contributed by atoms with Gasteiger partial charge in [0.1, 0.15) is 0 Å². The van der Waals surface area contributed by atoms with Crippen LogP contribution in [0.1, 0.15) is 64.8 Å². The molecule has 0 amide bonds. The van der Waals surface area contributed by atoms with E-state index < -0.39 is 0 Å². The van der Waals surface area contributed by atoms with Crippen molar-refractivity contribution in [2.45, 2.75) is 65.5 Å². The maximum Gasteiger partial charge on any atom is 0.191 e. The van der Waals surface area contributed by atoms with Gasteiger partial charge in [-0.3, -0.25) is 4.99 Å². The number of halogens is 1. The number of aromatic nitrogens is 1. The van der Waals surface area contributed by atoms with Gasteiger partial charge in [-0.25, -0.2) is 0 Å². The van der Waals surface area contributed by atoms with Crippen LogP contribution in [0.4, 0.5) is 0 Å². The zero-order chi connectivity index (χ0) is 17.3. The van der Waals surface area contributed by atoms with Crippen molar-refractivity contribution in [2.75, 3.05) is 20.1 Å². The van der Waals surface area contributed by atoms with E-state index in [-0.39, 0.29) is 29.5 Å². The molecule has 0 aliphatic carbocycles.